The Bertz CT molecular complexity index is 1110. The van der Waals surface area contributed by atoms with Crippen molar-refractivity contribution in [1.82, 2.24) is 14.2 Å². The maximum absolute atomic E-state index is 13.7. The van der Waals surface area contributed by atoms with Crippen molar-refractivity contribution in [1.29, 1.82) is 0 Å². The van der Waals surface area contributed by atoms with Crippen molar-refractivity contribution in [3.8, 4) is 0 Å². The molecule has 2 saturated heterocycles. The Morgan fingerprint density at radius 3 is 2.49 bits per heavy atom. The van der Waals surface area contributed by atoms with Crippen molar-refractivity contribution in [3.05, 3.63) is 58.9 Å². The molecule has 0 N–H and O–H groups in total. The predicted molar refractivity (Wildman–Crippen MR) is 136 cm³/mol. The van der Waals surface area contributed by atoms with E-state index in [1.54, 1.807) is 10.5 Å². The zero-order chi connectivity index (χ0) is 25.0. The molecule has 2 aromatic rings. The normalized spacial score (nSPS) is 21.4. The van der Waals surface area contributed by atoms with E-state index < -0.39 is 10.0 Å². The SMILES string of the molecule is Cc1cc(C)c(S(=O)(=O)N2CCCCC2COCC(=O)N2CCCC2Cc2ccccn2)c(C)c1. The second kappa shape index (κ2) is 11.2. The molecule has 2 atom stereocenters. The molecule has 4 rings (SSSR count). The van der Waals surface area contributed by atoms with Crippen LogP contribution in [0.4, 0.5) is 0 Å². The quantitative estimate of drug-likeness (QED) is 0.552. The summed E-state index contributed by atoms with van der Waals surface area (Å²) in [7, 11) is -3.65. The Morgan fingerprint density at radius 2 is 1.77 bits per heavy atom. The topological polar surface area (TPSA) is 79.8 Å². The summed E-state index contributed by atoms with van der Waals surface area (Å²) in [5.74, 6) is -0.0288. The Kier molecular flexibility index (Phi) is 8.24. The molecule has 0 bridgehead atoms. The first-order chi connectivity index (χ1) is 16.8. The summed E-state index contributed by atoms with van der Waals surface area (Å²) in [4.78, 5) is 19.7. The van der Waals surface area contributed by atoms with Gasteiger partial charge >= 0.3 is 0 Å². The average molecular weight is 500 g/mol. The molecule has 0 spiro atoms. The van der Waals surface area contributed by atoms with Crippen LogP contribution in [-0.2, 0) is 26.0 Å². The standard InChI is InChI=1S/C27H37N3O4S/c1-20-15-21(2)27(22(3)16-20)35(32,33)30-14-7-5-10-25(30)18-34-19-26(31)29-13-8-11-24(29)17-23-9-4-6-12-28-23/h4,6,9,12,15-16,24-25H,5,7-8,10-11,13-14,17-19H2,1-3H3. The highest BCUT2D eigenvalue weighted by molar-refractivity contribution is 7.89. The number of ether oxygens (including phenoxy) is 1. The molecule has 3 heterocycles. The molecule has 2 aliphatic heterocycles. The Balaban J connectivity index is 1.38. The summed E-state index contributed by atoms with van der Waals surface area (Å²) in [6, 6.07) is 9.58. The minimum absolute atomic E-state index is 0.0221. The number of hydrogen-bond acceptors (Lipinski definition) is 5. The summed E-state index contributed by atoms with van der Waals surface area (Å²) in [5.41, 5.74) is 3.59. The number of nitrogens with zero attached hydrogens (tertiary/aromatic N) is 3. The molecule has 1 aromatic heterocycles. The van der Waals surface area contributed by atoms with E-state index in [4.69, 9.17) is 4.74 Å². The molecule has 0 saturated carbocycles. The first-order valence-electron chi connectivity index (χ1n) is 12.6. The summed E-state index contributed by atoms with van der Waals surface area (Å²) in [5, 5.41) is 0. The highest BCUT2D eigenvalue weighted by Gasteiger charge is 2.36. The van der Waals surface area contributed by atoms with Gasteiger partial charge in [0.25, 0.3) is 0 Å². The first-order valence-corrected chi connectivity index (χ1v) is 14.1. The highest BCUT2D eigenvalue weighted by atomic mass is 32.2. The fourth-order valence-electron chi connectivity index (χ4n) is 5.65. The van der Waals surface area contributed by atoms with Crippen molar-refractivity contribution >= 4 is 15.9 Å². The molecule has 2 unspecified atom stereocenters. The number of amides is 1. The summed E-state index contributed by atoms with van der Waals surface area (Å²) >= 11 is 0. The predicted octanol–water partition coefficient (Wildman–Crippen LogP) is 3.80. The lowest BCUT2D eigenvalue weighted by Crippen LogP contribution is -2.47. The lowest BCUT2D eigenvalue weighted by atomic mass is 10.1. The number of aromatic nitrogens is 1. The van der Waals surface area contributed by atoms with Crippen molar-refractivity contribution in [2.45, 2.75) is 76.3 Å². The van der Waals surface area contributed by atoms with Crippen molar-refractivity contribution < 1.29 is 17.9 Å². The van der Waals surface area contributed by atoms with Gasteiger partial charge < -0.3 is 9.64 Å². The zero-order valence-electron chi connectivity index (χ0n) is 21.1. The van der Waals surface area contributed by atoms with Gasteiger partial charge in [-0.05, 0) is 69.7 Å². The molecule has 0 radical (unpaired) electrons. The second-order valence-corrected chi connectivity index (χ2v) is 11.7. The molecule has 8 heteroatoms. The number of carbonyl (C=O) groups is 1. The van der Waals surface area contributed by atoms with Crippen LogP contribution in [0.25, 0.3) is 0 Å². The van der Waals surface area contributed by atoms with Crippen LogP contribution in [0.5, 0.6) is 0 Å². The third-order valence-corrected chi connectivity index (χ3v) is 9.41. The second-order valence-electron chi connectivity index (χ2n) is 9.92. The Morgan fingerprint density at radius 1 is 1.03 bits per heavy atom. The molecule has 1 amide bonds. The van der Waals surface area contributed by atoms with Gasteiger partial charge in [-0.3, -0.25) is 9.78 Å². The lowest BCUT2D eigenvalue weighted by Gasteiger charge is -2.35. The van der Waals surface area contributed by atoms with Crippen molar-refractivity contribution in [2.75, 3.05) is 26.3 Å². The van der Waals surface area contributed by atoms with Gasteiger partial charge in [0.05, 0.1) is 11.5 Å². The van der Waals surface area contributed by atoms with Gasteiger partial charge in [0, 0.05) is 43.5 Å². The Hall–Kier alpha value is -2.29. The number of rotatable bonds is 8. The Labute approximate surface area is 209 Å². The van der Waals surface area contributed by atoms with E-state index in [-0.39, 0.29) is 31.2 Å². The van der Waals surface area contributed by atoms with Gasteiger partial charge in [0.15, 0.2) is 0 Å². The monoisotopic (exact) mass is 499 g/mol. The van der Waals surface area contributed by atoms with Crippen molar-refractivity contribution in [3.63, 3.8) is 0 Å². The van der Waals surface area contributed by atoms with Crippen LogP contribution in [-0.4, -0.2) is 66.9 Å². The summed E-state index contributed by atoms with van der Waals surface area (Å²) in [6.07, 6.45) is 7.00. The van der Waals surface area contributed by atoms with E-state index in [2.05, 4.69) is 4.98 Å². The number of hydrogen-bond donors (Lipinski definition) is 0. The lowest BCUT2D eigenvalue weighted by molar-refractivity contribution is -0.137. The molecular weight excluding hydrogens is 462 g/mol. The molecule has 2 fully saturated rings. The number of aryl methyl sites for hydroxylation is 3. The molecule has 35 heavy (non-hydrogen) atoms. The zero-order valence-corrected chi connectivity index (χ0v) is 21.9. The van der Waals surface area contributed by atoms with Crippen molar-refractivity contribution in [2.24, 2.45) is 0 Å². The van der Waals surface area contributed by atoms with Gasteiger partial charge in [-0.2, -0.15) is 4.31 Å². The summed E-state index contributed by atoms with van der Waals surface area (Å²) < 4.78 is 34.8. The molecule has 0 aliphatic carbocycles. The number of likely N-dealkylation sites (tertiary alicyclic amines) is 1. The van der Waals surface area contributed by atoms with Crippen LogP contribution in [0.2, 0.25) is 0 Å². The van der Waals surface area contributed by atoms with Gasteiger partial charge in [-0.25, -0.2) is 8.42 Å². The molecule has 1 aromatic carbocycles. The van der Waals surface area contributed by atoms with Gasteiger partial charge in [-0.1, -0.05) is 30.2 Å². The van der Waals surface area contributed by atoms with Crippen LogP contribution in [0.1, 0.15) is 54.5 Å². The minimum atomic E-state index is -3.65. The number of carbonyl (C=O) groups excluding carboxylic acids is 1. The molecular formula is C27H37N3O4S. The number of sulfonamides is 1. The third kappa shape index (κ3) is 5.93. The van der Waals surface area contributed by atoms with Crippen LogP contribution in [0.3, 0.4) is 0 Å². The molecule has 190 valence electrons. The van der Waals surface area contributed by atoms with E-state index in [9.17, 15) is 13.2 Å². The van der Waals surface area contributed by atoms with Crippen LogP contribution >= 0.6 is 0 Å². The van der Waals surface area contributed by atoms with E-state index in [1.165, 1.54) is 0 Å². The highest BCUT2D eigenvalue weighted by Crippen LogP contribution is 2.30. The number of benzene rings is 1. The van der Waals surface area contributed by atoms with E-state index >= 15 is 0 Å². The smallest absolute Gasteiger partial charge is 0.248 e. The summed E-state index contributed by atoms with van der Waals surface area (Å²) in [6.45, 7) is 7.12. The maximum atomic E-state index is 13.7. The minimum Gasteiger partial charge on any atom is -0.370 e. The maximum Gasteiger partial charge on any atom is 0.248 e. The van der Waals surface area contributed by atoms with E-state index in [0.717, 1.165) is 67.5 Å². The fourth-order valence-corrected chi connectivity index (χ4v) is 7.74. The van der Waals surface area contributed by atoms with E-state index in [1.807, 2.05) is 56.0 Å². The average Bonchev–Trinajstić information content (AvgIpc) is 3.27. The van der Waals surface area contributed by atoms with Gasteiger partial charge in [-0.15, -0.1) is 0 Å². The largest absolute Gasteiger partial charge is 0.370 e. The van der Waals surface area contributed by atoms with E-state index in [0.29, 0.717) is 11.4 Å². The van der Waals surface area contributed by atoms with Gasteiger partial charge in [0.1, 0.15) is 6.61 Å². The van der Waals surface area contributed by atoms with Crippen LogP contribution < -0.4 is 0 Å². The van der Waals surface area contributed by atoms with Crippen LogP contribution in [0.15, 0.2) is 41.4 Å². The molecule has 2 aliphatic rings. The molecule has 7 nitrogen and oxygen atoms in total. The number of piperidine rings is 1. The third-order valence-electron chi connectivity index (χ3n) is 7.15. The first kappa shape index (κ1) is 25.8. The van der Waals surface area contributed by atoms with Crippen LogP contribution in [0, 0.1) is 20.8 Å². The fraction of sp³-hybridized carbons (Fsp3) is 0.556. The van der Waals surface area contributed by atoms with Gasteiger partial charge in [0.2, 0.25) is 15.9 Å². The number of pyridine rings is 1.